The number of hydrogen-bond donors (Lipinski definition) is 1. The van der Waals surface area contributed by atoms with Crippen molar-refractivity contribution >= 4 is 0 Å². The molecule has 3 nitrogen and oxygen atoms in total. The van der Waals surface area contributed by atoms with Gasteiger partial charge < -0.3 is 5.11 Å². The van der Waals surface area contributed by atoms with Crippen molar-refractivity contribution in [1.29, 1.82) is 0 Å². The molecule has 0 saturated heterocycles. The molecule has 0 aliphatic heterocycles. The first-order valence-electron chi connectivity index (χ1n) is 3.53. The molecule has 2 atom stereocenters. The molecule has 0 radical (unpaired) electrons. The van der Waals surface area contributed by atoms with Crippen LogP contribution in [0.5, 0.6) is 0 Å². The average Bonchev–Trinajstić information content (AvgIpc) is 1.84. The van der Waals surface area contributed by atoms with E-state index in [1.807, 2.05) is 37.9 Å². The van der Waals surface area contributed by atoms with Crippen LogP contribution in [0.15, 0.2) is 0 Å². The van der Waals surface area contributed by atoms with Gasteiger partial charge in [0.05, 0.1) is 6.17 Å². The predicted molar refractivity (Wildman–Crippen MR) is 42.6 cm³/mol. The first-order chi connectivity index (χ1) is 4.46. The molecule has 0 amide bonds. The van der Waals surface area contributed by atoms with Gasteiger partial charge >= 0.3 is 0 Å². The largest absolute Gasteiger partial charge is 0.379 e. The lowest BCUT2D eigenvalue weighted by Crippen LogP contribution is -2.44. The Morgan fingerprint density at radius 3 is 1.60 bits per heavy atom. The Morgan fingerprint density at radius 2 is 1.50 bits per heavy atom. The highest BCUT2D eigenvalue weighted by Crippen LogP contribution is 2.00. The van der Waals surface area contributed by atoms with Gasteiger partial charge in [-0.15, -0.1) is 0 Å². The summed E-state index contributed by atoms with van der Waals surface area (Å²) in [4.78, 5) is 3.94. The molecule has 0 fully saturated rings. The van der Waals surface area contributed by atoms with Gasteiger partial charge in [0.25, 0.3) is 0 Å². The molecular formula is C7H18N2O. The Labute approximate surface area is 63.2 Å². The van der Waals surface area contributed by atoms with E-state index in [1.54, 1.807) is 6.92 Å². The molecule has 0 aliphatic rings. The zero-order valence-corrected chi connectivity index (χ0v) is 7.50. The second-order valence-electron chi connectivity index (χ2n) is 2.89. The van der Waals surface area contributed by atoms with Crippen LogP contribution < -0.4 is 0 Å². The fraction of sp³-hybridized carbons (Fsp3) is 1.00. The van der Waals surface area contributed by atoms with Gasteiger partial charge in [-0.3, -0.25) is 9.80 Å². The van der Waals surface area contributed by atoms with Crippen molar-refractivity contribution in [2.45, 2.75) is 26.2 Å². The van der Waals surface area contributed by atoms with Crippen LogP contribution in [0.4, 0.5) is 0 Å². The highest BCUT2D eigenvalue weighted by molar-refractivity contribution is 4.59. The Morgan fingerprint density at radius 1 is 1.10 bits per heavy atom. The van der Waals surface area contributed by atoms with Gasteiger partial charge in [-0.1, -0.05) is 0 Å². The third kappa shape index (κ3) is 2.64. The van der Waals surface area contributed by atoms with Crippen LogP contribution in [-0.4, -0.2) is 48.4 Å². The highest BCUT2D eigenvalue weighted by atomic mass is 16.3. The summed E-state index contributed by atoms with van der Waals surface area (Å²) < 4.78 is 0. The Bertz CT molecular complexity index is 81.6. The van der Waals surface area contributed by atoms with E-state index in [4.69, 9.17) is 5.11 Å². The minimum absolute atomic E-state index is 0.278. The molecule has 0 aromatic heterocycles. The molecule has 0 saturated carbocycles. The highest BCUT2D eigenvalue weighted by Gasteiger charge is 2.13. The van der Waals surface area contributed by atoms with Gasteiger partial charge in [0, 0.05) is 0 Å². The van der Waals surface area contributed by atoms with Crippen LogP contribution in [0.3, 0.4) is 0 Å². The summed E-state index contributed by atoms with van der Waals surface area (Å²) in [5.74, 6) is 0. The van der Waals surface area contributed by atoms with Crippen LogP contribution in [0.1, 0.15) is 13.8 Å². The van der Waals surface area contributed by atoms with Crippen LogP contribution in [0, 0.1) is 0 Å². The SMILES string of the molecule is C[C@H](N(C)C)N(C)[C@@H](C)O. The van der Waals surface area contributed by atoms with Crippen LogP contribution in [0.25, 0.3) is 0 Å². The van der Waals surface area contributed by atoms with E-state index in [9.17, 15) is 0 Å². The van der Waals surface area contributed by atoms with Crippen molar-refractivity contribution in [3.63, 3.8) is 0 Å². The minimum atomic E-state index is -0.377. The topological polar surface area (TPSA) is 26.7 Å². The van der Waals surface area contributed by atoms with E-state index >= 15 is 0 Å². The normalized spacial score (nSPS) is 18.0. The zero-order valence-electron chi connectivity index (χ0n) is 7.50. The monoisotopic (exact) mass is 146 g/mol. The van der Waals surface area contributed by atoms with E-state index in [1.165, 1.54) is 0 Å². The smallest absolute Gasteiger partial charge is 0.105 e. The lowest BCUT2D eigenvalue weighted by atomic mass is 10.4. The van der Waals surface area contributed by atoms with Gasteiger partial charge in [0.15, 0.2) is 0 Å². The third-order valence-corrected chi connectivity index (χ3v) is 1.93. The Balaban J connectivity index is 3.81. The summed E-state index contributed by atoms with van der Waals surface area (Å²) in [5.41, 5.74) is 0. The molecule has 10 heavy (non-hydrogen) atoms. The van der Waals surface area contributed by atoms with Crippen molar-refractivity contribution in [2.75, 3.05) is 21.1 Å². The van der Waals surface area contributed by atoms with Crippen molar-refractivity contribution < 1.29 is 5.11 Å². The van der Waals surface area contributed by atoms with Crippen LogP contribution in [-0.2, 0) is 0 Å². The quantitative estimate of drug-likeness (QED) is 0.575. The average molecular weight is 146 g/mol. The molecule has 0 bridgehead atoms. The molecular weight excluding hydrogens is 128 g/mol. The molecule has 62 valence electrons. The van der Waals surface area contributed by atoms with Crippen molar-refractivity contribution in [3.05, 3.63) is 0 Å². The molecule has 0 heterocycles. The van der Waals surface area contributed by atoms with E-state index in [2.05, 4.69) is 0 Å². The van der Waals surface area contributed by atoms with Gasteiger partial charge in [-0.25, -0.2) is 0 Å². The third-order valence-electron chi connectivity index (χ3n) is 1.93. The second-order valence-corrected chi connectivity index (χ2v) is 2.89. The number of aliphatic hydroxyl groups excluding tert-OH is 1. The number of hydrogen-bond acceptors (Lipinski definition) is 3. The van der Waals surface area contributed by atoms with Crippen molar-refractivity contribution in [3.8, 4) is 0 Å². The molecule has 0 aromatic carbocycles. The lowest BCUT2D eigenvalue weighted by molar-refractivity contribution is -0.0276. The maximum Gasteiger partial charge on any atom is 0.105 e. The fourth-order valence-corrected chi connectivity index (χ4v) is 0.676. The Hall–Kier alpha value is -0.120. The summed E-state index contributed by atoms with van der Waals surface area (Å²) in [5, 5.41) is 9.14. The summed E-state index contributed by atoms with van der Waals surface area (Å²) in [6.07, 6.45) is -0.0996. The molecule has 1 N–H and O–H groups in total. The van der Waals surface area contributed by atoms with Crippen molar-refractivity contribution in [2.24, 2.45) is 0 Å². The van der Waals surface area contributed by atoms with Crippen LogP contribution >= 0.6 is 0 Å². The molecule has 0 aliphatic carbocycles. The summed E-state index contributed by atoms with van der Waals surface area (Å²) in [6.45, 7) is 3.81. The molecule has 3 heteroatoms. The zero-order chi connectivity index (χ0) is 8.31. The first kappa shape index (κ1) is 9.88. The molecule has 0 spiro atoms. The summed E-state index contributed by atoms with van der Waals surface area (Å²) >= 11 is 0. The van der Waals surface area contributed by atoms with Crippen LogP contribution in [0.2, 0.25) is 0 Å². The van der Waals surface area contributed by atoms with Gasteiger partial charge in [0.2, 0.25) is 0 Å². The molecule has 0 unspecified atom stereocenters. The molecule has 0 aromatic rings. The second kappa shape index (κ2) is 3.91. The van der Waals surface area contributed by atoms with Gasteiger partial charge in [0.1, 0.15) is 6.23 Å². The standard InChI is InChI=1S/C7H18N2O/c1-6(8(3)4)9(5)7(2)10/h6-7,10H,1-5H3/t6-,7-/m1/s1. The maximum atomic E-state index is 9.14. The van der Waals surface area contributed by atoms with E-state index in [-0.39, 0.29) is 12.4 Å². The van der Waals surface area contributed by atoms with E-state index in [0.29, 0.717) is 0 Å². The maximum absolute atomic E-state index is 9.14. The summed E-state index contributed by atoms with van der Waals surface area (Å²) in [7, 11) is 5.88. The predicted octanol–water partition coefficient (Wildman–Crippen LogP) is 0.164. The molecule has 0 rings (SSSR count). The van der Waals surface area contributed by atoms with Crippen molar-refractivity contribution in [1.82, 2.24) is 9.80 Å². The Kier molecular flexibility index (Phi) is 3.86. The number of aliphatic hydroxyl groups is 1. The van der Waals surface area contributed by atoms with E-state index in [0.717, 1.165) is 0 Å². The van der Waals surface area contributed by atoms with Gasteiger partial charge in [-0.05, 0) is 35.0 Å². The fourth-order valence-electron chi connectivity index (χ4n) is 0.676. The van der Waals surface area contributed by atoms with E-state index < -0.39 is 0 Å². The lowest BCUT2D eigenvalue weighted by Gasteiger charge is -2.31. The number of rotatable bonds is 3. The van der Waals surface area contributed by atoms with Gasteiger partial charge in [-0.2, -0.15) is 0 Å². The minimum Gasteiger partial charge on any atom is -0.379 e. The number of nitrogens with zero attached hydrogens (tertiary/aromatic N) is 2. The first-order valence-corrected chi connectivity index (χ1v) is 3.53. The summed E-state index contributed by atoms with van der Waals surface area (Å²) in [6, 6.07) is 0.